The molecule has 27 heavy (non-hydrogen) atoms. The highest BCUT2D eigenvalue weighted by Crippen LogP contribution is 2.30. The van der Waals surface area contributed by atoms with Gasteiger partial charge >= 0.3 is 0 Å². The first-order valence-electron chi connectivity index (χ1n) is 9.33. The van der Waals surface area contributed by atoms with E-state index in [0.29, 0.717) is 11.3 Å². The molecule has 2 aromatic carbocycles. The number of carbonyl (C=O) groups is 1. The minimum absolute atomic E-state index is 0.0933. The molecule has 144 valence electrons. The molecule has 0 unspecified atom stereocenters. The topological polar surface area (TPSA) is 70.8 Å². The van der Waals surface area contributed by atoms with Crippen molar-refractivity contribution in [3.05, 3.63) is 48.0 Å². The maximum Gasteiger partial charge on any atom is 0.251 e. The number of nitrogens with zero attached hydrogens (tertiary/aromatic N) is 2. The van der Waals surface area contributed by atoms with Crippen LogP contribution in [0, 0.1) is 0 Å². The van der Waals surface area contributed by atoms with Crippen LogP contribution in [-0.4, -0.2) is 45.2 Å². The highest BCUT2D eigenvalue weighted by Gasteiger charge is 2.21. The zero-order valence-corrected chi connectivity index (χ0v) is 16.2. The fraction of sp³-hybridized carbons (Fsp3) is 0.381. The van der Waals surface area contributed by atoms with Crippen molar-refractivity contribution in [1.29, 1.82) is 0 Å². The first-order valence-corrected chi connectivity index (χ1v) is 9.33. The molecule has 3 N–H and O–H groups in total. The average Bonchev–Trinajstić information content (AvgIpc) is 2.67. The Labute approximate surface area is 160 Å². The van der Waals surface area contributed by atoms with Crippen LogP contribution in [-0.2, 0) is 0 Å². The van der Waals surface area contributed by atoms with Gasteiger partial charge in [-0.1, -0.05) is 12.1 Å². The molecule has 0 aliphatic carbocycles. The molecule has 0 radical (unpaired) electrons. The van der Waals surface area contributed by atoms with Gasteiger partial charge in [0.2, 0.25) is 0 Å². The van der Waals surface area contributed by atoms with Gasteiger partial charge in [-0.2, -0.15) is 0 Å². The lowest BCUT2D eigenvalue weighted by atomic mass is 10.1. The third-order valence-electron chi connectivity index (χ3n) is 4.76. The minimum atomic E-state index is -0.0933. The summed E-state index contributed by atoms with van der Waals surface area (Å²) in [6.07, 6.45) is 0. The highest BCUT2D eigenvalue weighted by molar-refractivity contribution is 5.96. The molecular formula is C21H28N4O2. The van der Waals surface area contributed by atoms with Gasteiger partial charge in [0, 0.05) is 37.8 Å². The van der Waals surface area contributed by atoms with E-state index in [1.807, 2.05) is 44.2 Å². The van der Waals surface area contributed by atoms with Crippen molar-refractivity contribution in [3.63, 3.8) is 0 Å². The molecule has 1 heterocycles. The van der Waals surface area contributed by atoms with Gasteiger partial charge in [0.25, 0.3) is 5.91 Å². The number of ether oxygens (including phenoxy) is 1. The lowest BCUT2D eigenvalue weighted by Crippen LogP contribution is -2.46. The van der Waals surface area contributed by atoms with E-state index in [-0.39, 0.29) is 11.9 Å². The highest BCUT2D eigenvalue weighted by atomic mass is 16.5. The monoisotopic (exact) mass is 368 g/mol. The van der Waals surface area contributed by atoms with Gasteiger partial charge in [0.05, 0.1) is 24.2 Å². The SMILES string of the molecule is COc1ccccc1N1CCN(c2ccc(C(=O)NC(C)C)cc2N)CC1. The fourth-order valence-corrected chi connectivity index (χ4v) is 3.41. The van der Waals surface area contributed by atoms with Crippen LogP contribution >= 0.6 is 0 Å². The largest absolute Gasteiger partial charge is 0.495 e. The van der Waals surface area contributed by atoms with Crippen molar-refractivity contribution in [2.75, 3.05) is 48.8 Å². The second kappa shape index (κ2) is 8.20. The van der Waals surface area contributed by atoms with Crippen molar-refractivity contribution >= 4 is 23.0 Å². The van der Waals surface area contributed by atoms with Crippen LogP contribution < -0.4 is 25.6 Å². The number of hydrogen-bond acceptors (Lipinski definition) is 5. The van der Waals surface area contributed by atoms with Crippen molar-refractivity contribution in [3.8, 4) is 5.75 Å². The van der Waals surface area contributed by atoms with E-state index in [1.54, 1.807) is 13.2 Å². The molecule has 6 nitrogen and oxygen atoms in total. The lowest BCUT2D eigenvalue weighted by molar-refractivity contribution is 0.0943. The number of methoxy groups -OCH3 is 1. The molecule has 0 atom stereocenters. The van der Waals surface area contributed by atoms with Crippen LogP contribution in [0.15, 0.2) is 42.5 Å². The summed E-state index contributed by atoms with van der Waals surface area (Å²) in [6, 6.07) is 13.7. The number of nitrogens with one attached hydrogen (secondary N) is 1. The smallest absolute Gasteiger partial charge is 0.251 e. The molecular weight excluding hydrogens is 340 g/mol. The zero-order valence-electron chi connectivity index (χ0n) is 16.2. The molecule has 0 bridgehead atoms. The predicted molar refractivity (Wildman–Crippen MR) is 111 cm³/mol. The second-order valence-electron chi connectivity index (χ2n) is 7.05. The summed E-state index contributed by atoms with van der Waals surface area (Å²) >= 11 is 0. The van der Waals surface area contributed by atoms with E-state index in [4.69, 9.17) is 10.5 Å². The van der Waals surface area contributed by atoms with Crippen molar-refractivity contribution < 1.29 is 9.53 Å². The van der Waals surface area contributed by atoms with Crippen molar-refractivity contribution in [2.24, 2.45) is 0 Å². The Balaban J connectivity index is 1.68. The summed E-state index contributed by atoms with van der Waals surface area (Å²) in [5.74, 6) is 0.801. The maximum atomic E-state index is 12.2. The molecule has 0 spiro atoms. The lowest BCUT2D eigenvalue weighted by Gasteiger charge is -2.38. The number of benzene rings is 2. The Hall–Kier alpha value is -2.89. The van der Waals surface area contributed by atoms with Crippen LogP contribution in [0.1, 0.15) is 24.2 Å². The van der Waals surface area contributed by atoms with Gasteiger partial charge < -0.3 is 25.6 Å². The number of nitrogens with two attached hydrogens (primary N) is 1. The third kappa shape index (κ3) is 4.27. The first-order chi connectivity index (χ1) is 13.0. The fourth-order valence-electron chi connectivity index (χ4n) is 3.41. The van der Waals surface area contributed by atoms with Crippen molar-refractivity contribution in [1.82, 2.24) is 5.32 Å². The minimum Gasteiger partial charge on any atom is -0.495 e. The van der Waals surface area contributed by atoms with E-state index in [1.165, 1.54) is 0 Å². The zero-order chi connectivity index (χ0) is 19.4. The van der Waals surface area contributed by atoms with Crippen LogP contribution in [0.25, 0.3) is 0 Å². The van der Waals surface area contributed by atoms with Gasteiger partial charge in [-0.05, 0) is 44.2 Å². The van der Waals surface area contributed by atoms with E-state index >= 15 is 0 Å². The Kier molecular flexibility index (Phi) is 5.74. The van der Waals surface area contributed by atoms with Gasteiger partial charge in [0.15, 0.2) is 0 Å². The molecule has 0 saturated carbocycles. The number of nitrogen functional groups attached to an aromatic ring is 1. The molecule has 3 rings (SSSR count). The first kappa shape index (κ1) is 18.9. The molecule has 1 saturated heterocycles. The summed E-state index contributed by atoms with van der Waals surface area (Å²) in [6.45, 7) is 7.37. The quantitative estimate of drug-likeness (QED) is 0.794. The maximum absolute atomic E-state index is 12.2. The van der Waals surface area contributed by atoms with Gasteiger partial charge in [-0.3, -0.25) is 4.79 Å². The number of amides is 1. The Bertz CT molecular complexity index is 799. The van der Waals surface area contributed by atoms with E-state index in [9.17, 15) is 4.79 Å². The molecule has 6 heteroatoms. The van der Waals surface area contributed by atoms with Crippen LogP contribution in [0.2, 0.25) is 0 Å². The molecule has 0 aromatic heterocycles. The van der Waals surface area contributed by atoms with Crippen LogP contribution in [0.3, 0.4) is 0 Å². The number of anilines is 3. The number of para-hydroxylation sites is 2. The summed E-state index contributed by atoms with van der Waals surface area (Å²) in [5.41, 5.74) is 9.59. The number of rotatable bonds is 5. The number of hydrogen-bond donors (Lipinski definition) is 2. The standard InChI is InChI=1S/C21H28N4O2/c1-15(2)23-21(26)16-8-9-18(17(22)14-16)24-10-12-25(13-11-24)19-6-4-5-7-20(19)27-3/h4-9,14-15H,10-13,22H2,1-3H3,(H,23,26). The van der Waals surface area contributed by atoms with Gasteiger partial charge in [-0.25, -0.2) is 0 Å². The Morgan fingerprint density at radius 3 is 2.26 bits per heavy atom. The number of piperazine rings is 1. The number of carbonyl (C=O) groups excluding carboxylic acids is 1. The molecule has 1 aliphatic rings. The third-order valence-corrected chi connectivity index (χ3v) is 4.76. The van der Waals surface area contributed by atoms with E-state index in [2.05, 4.69) is 21.2 Å². The van der Waals surface area contributed by atoms with E-state index < -0.39 is 0 Å². The average molecular weight is 368 g/mol. The van der Waals surface area contributed by atoms with Crippen molar-refractivity contribution in [2.45, 2.75) is 19.9 Å². The summed E-state index contributed by atoms with van der Waals surface area (Å²) < 4.78 is 5.48. The molecule has 1 fully saturated rings. The summed E-state index contributed by atoms with van der Waals surface area (Å²) in [7, 11) is 1.70. The van der Waals surface area contributed by atoms with Crippen LogP contribution in [0.5, 0.6) is 5.75 Å². The Morgan fingerprint density at radius 2 is 1.67 bits per heavy atom. The Morgan fingerprint density at radius 1 is 1.04 bits per heavy atom. The predicted octanol–water partition coefficient (Wildman–Crippen LogP) is 2.74. The van der Waals surface area contributed by atoms with Gasteiger partial charge in [-0.15, -0.1) is 0 Å². The van der Waals surface area contributed by atoms with Crippen LogP contribution in [0.4, 0.5) is 17.1 Å². The normalized spacial score (nSPS) is 14.4. The summed E-state index contributed by atoms with van der Waals surface area (Å²) in [4.78, 5) is 16.8. The molecule has 2 aromatic rings. The van der Waals surface area contributed by atoms with E-state index in [0.717, 1.165) is 43.3 Å². The summed E-state index contributed by atoms with van der Waals surface area (Å²) in [5, 5.41) is 2.89. The molecule has 1 aliphatic heterocycles. The van der Waals surface area contributed by atoms with Gasteiger partial charge in [0.1, 0.15) is 5.75 Å². The molecule has 1 amide bonds. The second-order valence-corrected chi connectivity index (χ2v) is 7.05.